The monoisotopic (exact) mass is 171 g/mol. The van der Waals surface area contributed by atoms with E-state index in [1.807, 2.05) is 0 Å². The summed E-state index contributed by atoms with van der Waals surface area (Å²) >= 11 is 0. The summed E-state index contributed by atoms with van der Waals surface area (Å²) in [6.45, 7) is 7.57. The van der Waals surface area contributed by atoms with Crippen LogP contribution >= 0.6 is 0 Å². The van der Waals surface area contributed by atoms with E-state index in [1.165, 1.54) is 13.3 Å². The van der Waals surface area contributed by atoms with Gasteiger partial charge >= 0.3 is 5.97 Å². The van der Waals surface area contributed by atoms with E-state index in [4.69, 9.17) is 4.84 Å². The summed E-state index contributed by atoms with van der Waals surface area (Å²) in [5.74, 6) is -0.215. The Labute approximate surface area is 73.6 Å². The molecule has 1 saturated heterocycles. The van der Waals surface area contributed by atoms with E-state index in [9.17, 15) is 4.79 Å². The predicted molar refractivity (Wildman–Crippen MR) is 46.4 cm³/mol. The molecule has 70 valence electrons. The van der Waals surface area contributed by atoms with Crippen molar-refractivity contribution in [2.75, 3.05) is 13.1 Å². The molecule has 3 nitrogen and oxygen atoms in total. The maximum atomic E-state index is 10.7. The van der Waals surface area contributed by atoms with Crippen molar-refractivity contribution in [2.24, 2.45) is 5.41 Å². The second-order valence-corrected chi connectivity index (χ2v) is 4.21. The minimum atomic E-state index is -0.215. The highest BCUT2D eigenvalue weighted by Crippen LogP contribution is 2.28. The predicted octanol–water partition coefficient (Wildman–Crippen LogP) is 1.59. The zero-order valence-electron chi connectivity index (χ0n) is 8.09. The number of rotatable bonds is 1. The standard InChI is InChI=1S/C9H17NO2/c1-8(11)12-10-6-4-5-9(2,3)7-10/h4-7H2,1-3H3. The first-order valence-electron chi connectivity index (χ1n) is 4.43. The first-order chi connectivity index (χ1) is 5.49. The number of hydrogen-bond donors (Lipinski definition) is 0. The van der Waals surface area contributed by atoms with Crippen LogP contribution in [0.3, 0.4) is 0 Å². The molecule has 0 saturated carbocycles. The van der Waals surface area contributed by atoms with Gasteiger partial charge in [0.05, 0.1) is 0 Å². The Balaban J connectivity index is 2.41. The quantitative estimate of drug-likeness (QED) is 0.600. The third-order valence-corrected chi connectivity index (χ3v) is 2.12. The average Bonchev–Trinajstić information content (AvgIpc) is 1.82. The van der Waals surface area contributed by atoms with Crippen LogP contribution in [0.1, 0.15) is 33.6 Å². The Hall–Kier alpha value is -0.570. The number of hydrogen-bond acceptors (Lipinski definition) is 3. The number of carbonyl (C=O) groups excluding carboxylic acids is 1. The summed E-state index contributed by atoms with van der Waals surface area (Å²) < 4.78 is 0. The van der Waals surface area contributed by atoms with Crippen molar-refractivity contribution in [3.8, 4) is 0 Å². The summed E-state index contributed by atoms with van der Waals surface area (Å²) in [6, 6.07) is 0. The van der Waals surface area contributed by atoms with Crippen molar-refractivity contribution in [1.82, 2.24) is 5.06 Å². The molecule has 1 heterocycles. The van der Waals surface area contributed by atoms with Gasteiger partial charge in [-0.1, -0.05) is 13.8 Å². The molecule has 0 aromatic heterocycles. The van der Waals surface area contributed by atoms with E-state index in [1.54, 1.807) is 5.06 Å². The van der Waals surface area contributed by atoms with Gasteiger partial charge in [0.2, 0.25) is 0 Å². The Morgan fingerprint density at radius 1 is 1.50 bits per heavy atom. The highest BCUT2D eigenvalue weighted by atomic mass is 16.7. The van der Waals surface area contributed by atoms with Gasteiger partial charge in [0.15, 0.2) is 0 Å². The van der Waals surface area contributed by atoms with Crippen molar-refractivity contribution in [3.05, 3.63) is 0 Å². The average molecular weight is 171 g/mol. The topological polar surface area (TPSA) is 29.5 Å². The van der Waals surface area contributed by atoms with Crippen LogP contribution in [0.25, 0.3) is 0 Å². The molecule has 3 heteroatoms. The molecule has 1 aliphatic heterocycles. The van der Waals surface area contributed by atoms with Gasteiger partial charge in [0.25, 0.3) is 0 Å². The number of piperidine rings is 1. The highest BCUT2D eigenvalue weighted by Gasteiger charge is 2.27. The van der Waals surface area contributed by atoms with Gasteiger partial charge in [-0.05, 0) is 18.3 Å². The van der Waals surface area contributed by atoms with Crippen LogP contribution in [0.4, 0.5) is 0 Å². The molecule has 0 N–H and O–H groups in total. The maximum absolute atomic E-state index is 10.7. The fraction of sp³-hybridized carbons (Fsp3) is 0.889. The van der Waals surface area contributed by atoms with E-state index in [0.717, 1.165) is 19.5 Å². The van der Waals surface area contributed by atoms with E-state index >= 15 is 0 Å². The second kappa shape index (κ2) is 3.44. The molecule has 0 amide bonds. The Morgan fingerprint density at radius 2 is 2.17 bits per heavy atom. The first-order valence-corrected chi connectivity index (χ1v) is 4.43. The van der Waals surface area contributed by atoms with E-state index < -0.39 is 0 Å². The molecule has 0 unspecified atom stereocenters. The molecule has 0 spiro atoms. The number of nitrogens with zero attached hydrogens (tertiary/aromatic N) is 1. The maximum Gasteiger partial charge on any atom is 0.322 e. The molecule has 0 aromatic rings. The molecule has 0 aliphatic carbocycles. The second-order valence-electron chi connectivity index (χ2n) is 4.21. The molecule has 0 radical (unpaired) electrons. The lowest BCUT2D eigenvalue weighted by Crippen LogP contribution is -2.40. The van der Waals surface area contributed by atoms with Crippen LogP contribution in [0.5, 0.6) is 0 Å². The fourth-order valence-electron chi connectivity index (χ4n) is 1.63. The van der Waals surface area contributed by atoms with Crippen LogP contribution in [-0.2, 0) is 9.63 Å². The number of hydroxylamine groups is 2. The van der Waals surface area contributed by atoms with Gasteiger partial charge in [0, 0.05) is 20.0 Å². The van der Waals surface area contributed by atoms with E-state index in [0.29, 0.717) is 0 Å². The normalized spacial score (nSPS) is 23.6. The molecule has 1 aliphatic rings. The van der Waals surface area contributed by atoms with E-state index in [2.05, 4.69) is 13.8 Å². The van der Waals surface area contributed by atoms with Crippen molar-refractivity contribution in [3.63, 3.8) is 0 Å². The summed E-state index contributed by atoms with van der Waals surface area (Å²) in [5, 5.41) is 1.77. The van der Waals surface area contributed by atoms with Gasteiger partial charge in [0.1, 0.15) is 0 Å². The SMILES string of the molecule is CC(=O)ON1CCCC(C)(C)C1. The number of carbonyl (C=O) groups is 1. The minimum Gasteiger partial charge on any atom is -0.368 e. The van der Waals surface area contributed by atoms with Crippen LogP contribution in [0.15, 0.2) is 0 Å². The summed E-state index contributed by atoms with van der Waals surface area (Å²) in [7, 11) is 0. The van der Waals surface area contributed by atoms with Gasteiger partial charge < -0.3 is 4.84 Å². The van der Waals surface area contributed by atoms with Gasteiger partial charge in [-0.2, -0.15) is 0 Å². The molecular weight excluding hydrogens is 154 g/mol. The van der Waals surface area contributed by atoms with Crippen molar-refractivity contribution in [1.29, 1.82) is 0 Å². The fourth-order valence-corrected chi connectivity index (χ4v) is 1.63. The molecule has 0 aromatic carbocycles. The zero-order chi connectivity index (χ0) is 9.19. The first kappa shape index (κ1) is 9.52. The Kier molecular flexibility index (Phi) is 2.73. The van der Waals surface area contributed by atoms with Crippen molar-refractivity contribution < 1.29 is 9.63 Å². The minimum absolute atomic E-state index is 0.215. The molecule has 1 fully saturated rings. The van der Waals surface area contributed by atoms with Crippen LogP contribution in [0.2, 0.25) is 0 Å². The van der Waals surface area contributed by atoms with Gasteiger partial charge in [-0.3, -0.25) is 4.79 Å². The molecule has 0 bridgehead atoms. The smallest absolute Gasteiger partial charge is 0.322 e. The molecule has 1 rings (SSSR count). The lowest BCUT2D eigenvalue weighted by molar-refractivity contribution is -0.200. The van der Waals surface area contributed by atoms with Crippen LogP contribution in [0, 0.1) is 5.41 Å². The largest absolute Gasteiger partial charge is 0.368 e. The Morgan fingerprint density at radius 3 is 2.67 bits per heavy atom. The van der Waals surface area contributed by atoms with E-state index in [-0.39, 0.29) is 11.4 Å². The Bertz CT molecular complexity index is 177. The van der Waals surface area contributed by atoms with Gasteiger partial charge in [-0.15, -0.1) is 5.06 Å². The van der Waals surface area contributed by atoms with Crippen molar-refractivity contribution >= 4 is 5.97 Å². The molecule has 12 heavy (non-hydrogen) atoms. The third-order valence-electron chi connectivity index (χ3n) is 2.12. The van der Waals surface area contributed by atoms with Crippen LogP contribution < -0.4 is 0 Å². The summed E-state index contributed by atoms with van der Waals surface area (Å²) in [5.41, 5.74) is 0.285. The van der Waals surface area contributed by atoms with Crippen LogP contribution in [-0.4, -0.2) is 24.1 Å². The summed E-state index contributed by atoms with van der Waals surface area (Å²) in [4.78, 5) is 15.7. The molecular formula is C9H17NO2. The van der Waals surface area contributed by atoms with Crippen molar-refractivity contribution in [2.45, 2.75) is 33.6 Å². The molecule has 0 atom stereocenters. The zero-order valence-corrected chi connectivity index (χ0v) is 8.09. The third kappa shape index (κ3) is 2.81. The summed E-state index contributed by atoms with van der Waals surface area (Å²) in [6.07, 6.45) is 2.32. The lowest BCUT2D eigenvalue weighted by Gasteiger charge is -2.36. The van der Waals surface area contributed by atoms with Gasteiger partial charge in [-0.25, -0.2) is 0 Å². The highest BCUT2D eigenvalue weighted by molar-refractivity contribution is 5.65. The lowest BCUT2D eigenvalue weighted by atomic mass is 9.85.